The molecule has 0 aliphatic carbocycles. The summed E-state index contributed by atoms with van der Waals surface area (Å²) in [5, 5.41) is 8.51. The Morgan fingerprint density at radius 3 is 2.48 bits per heavy atom. The Morgan fingerprint density at radius 2 is 1.81 bits per heavy atom. The first kappa shape index (κ1) is 20.6. The molecule has 0 bridgehead atoms. The molecule has 1 aliphatic rings. The van der Waals surface area contributed by atoms with Crippen LogP contribution in [0.2, 0.25) is 15.1 Å². The van der Waals surface area contributed by atoms with Gasteiger partial charge in [0.05, 0.1) is 15.7 Å². The highest BCUT2D eigenvalue weighted by molar-refractivity contribution is 7.80. The number of pyridine rings is 1. The van der Waals surface area contributed by atoms with Gasteiger partial charge in [0.1, 0.15) is 0 Å². The highest BCUT2D eigenvalue weighted by Gasteiger charge is 2.34. The molecule has 0 saturated carbocycles. The topological polar surface area (TPSA) is 46.2 Å². The van der Waals surface area contributed by atoms with E-state index in [1.807, 2.05) is 19.1 Å². The van der Waals surface area contributed by atoms with Crippen molar-refractivity contribution >= 4 is 58.0 Å². The van der Waals surface area contributed by atoms with Crippen molar-refractivity contribution in [3.05, 3.63) is 56.7 Å². The number of rotatable bonds is 4. The number of anilines is 1. The second-order valence-corrected chi connectivity index (χ2v) is 8.25. The van der Waals surface area contributed by atoms with E-state index >= 15 is 0 Å². The quantitative estimate of drug-likeness (QED) is 0.619. The molecule has 2 heterocycles. The van der Waals surface area contributed by atoms with Crippen molar-refractivity contribution in [2.75, 3.05) is 25.1 Å². The fourth-order valence-electron chi connectivity index (χ4n) is 3.18. The Kier molecular flexibility index (Phi) is 6.82. The molecule has 1 aromatic carbocycles. The van der Waals surface area contributed by atoms with Crippen molar-refractivity contribution in [1.82, 2.24) is 10.3 Å². The van der Waals surface area contributed by atoms with Gasteiger partial charge in [0.2, 0.25) is 0 Å². The number of hydrogen-bond donors (Lipinski definition) is 2. The van der Waals surface area contributed by atoms with Gasteiger partial charge in [-0.1, -0.05) is 46.9 Å². The molecule has 0 amide bonds. The largest absolute Gasteiger partial charge is 0.381 e. The van der Waals surface area contributed by atoms with E-state index in [2.05, 4.69) is 27.8 Å². The Balaban J connectivity index is 1.71. The van der Waals surface area contributed by atoms with Crippen LogP contribution in [0.4, 0.5) is 5.82 Å². The second kappa shape index (κ2) is 8.93. The predicted molar refractivity (Wildman–Crippen MR) is 116 cm³/mol. The maximum atomic E-state index is 6.21. The third kappa shape index (κ3) is 5.04. The SMILES string of the molecule is Cc1nc(NC(=S)NCC2(c3ccc(Cl)cc3)CCOCC2)c(Cl)cc1Cl. The van der Waals surface area contributed by atoms with E-state index in [9.17, 15) is 0 Å². The molecule has 0 unspecified atom stereocenters. The third-order valence-electron chi connectivity index (χ3n) is 4.83. The molecule has 1 fully saturated rings. The van der Waals surface area contributed by atoms with Gasteiger partial charge in [-0.25, -0.2) is 4.98 Å². The van der Waals surface area contributed by atoms with Crippen LogP contribution in [0.5, 0.6) is 0 Å². The third-order valence-corrected chi connectivity index (χ3v) is 6.00. The molecule has 2 N–H and O–H groups in total. The maximum Gasteiger partial charge on any atom is 0.172 e. The van der Waals surface area contributed by atoms with E-state index < -0.39 is 0 Å². The lowest BCUT2D eigenvalue weighted by Gasteiger charge is -2.38. The molecule has 1 saturated heterocycles. The van der Waals surface area contributed by atoms with Crippen LogP contribution in [-0.4, -0.2) is 29.9 Å². The first-order valence-electron chi connectivity index (χ1n) is 8.61. The lowest BCUT2D eigenvalue weighted by Crippen LogP contribution is -2.45. The van der Waals surface area contributed by atoms with Gasteiger partial charge < -0.3 is 15.4 Å². The molecular weight excluding hydrogens is 425 g/mol. The number of halogens is 3. The van der Waals surface area contributed by atoms with Gasteiger partial charge in [0, 0.05) is 30.2 Å². The van der Waals surface area contributed by atoms with Crippen LogP contribution >= 0.6 is 47.0 Å². The summed E-state index contributed by atoms with van der Waals surface area (Å²) >= 11 is 23.8. The summed E-state index contributed by atoms with van der Waals surface area (Å²) in [6.07, 6.45) is 1.81. The van der Waals surface area contributed by atoms with Gasteiger partial charge in [-0.2, -0.15) is 0 Å². The van der Waals surface area contributed by atoms with Gasteiger partial charge >= 0.3 is 0 Å². The minimum atomic E-state index is -0.0677. The number of thiocarbonyl (C=S) groups is 1. The number of aromatic nitrogens is 1. The fourth-order valence-corrected chi connectivity index (χ4v) is 3.88. The zero-order valence-electron chi connectivity index (χ0n) is 14.8. The first-order valence-corrected chi connectivity index (χ1v) is 10.2. The van der Waals surface area contributed by atoms with Crippen LogP contribution in [0.15, 0.2) is 30.3 Å². The fraction of sp³-hybridized carbons (Fsp3) is 0.368. The second-order valence-electron chi connectivity index (χ2n) is 6.59. The van der Waals surface area contributed by atoms with E-state index in [1.165, 1.54) is 5.56 Å². The average molecular weight is 445 g/mol. The Bertz CT molecular complexity index is 824. The first-order chi connectivity index (χ1) is 12.9. The lowest BCUT2D eigenvalue weighted by molar-refractivity contribution is 0.0515. The Hall–Kier alpha value is -1.11. The van der Waals surface area contributed by atoms with Crippen molar-refractivity contribution < 1.29 is 4.74 Å². The molecule has 0 radical (unpaired) electrons. The highest BCUT2D eigenvalue weighted by atomic mass is 35.5. The molecule has 2 aromatic rings. The summed E-state index contributed by atoms with van der Waals surface area (Å²) in [5.41, 5.74) is 1.85. The summed E-state index contributed by atoms with van der Waals surface area (Å²) in [6, 6.07) is 9.65. The van der Waals surface area contributed by atoms with Crippen molar-refractivity contribution in [1.29, 1.82) is 0 Å². The molecule has 27 heavy (non-hydrogen) atoms. The Labute approximate surface area is 179 Å². The molecule has 4 nitrogen and oxygen atoms in total. The van der Waals surface area contributed by atoms with Crippen molar-refractivity contribution in [2.45, 2.75) is 25.2 Å². The summed E-state index contributed by atoms with van der Waals surface area (Å²) in [4.78, 5) is 4.36. The molecule has 8 heteroatoms. The molecule has 1 aromatic heterocycles. The molecule has 0 atom stereocenters. The number of hydrogen-bond acceptors (Lipinski definition) is 3. The van der Waals surface area contributed by atoms with E-state index in [0.29, 0.717) is 46.4 Å². The lowest BCUT2D eigenvalue weighted by atomic mass is 9.74. The summed E-state index contributed by atoms with van der Waals surface area (Å²) in [7, 11) is 0. The monoisotopic (exact) mass is 443 g/mol. The summed E-state index contributed by atoms with van der Waals surface area (Å²) < 4.78 is 5.57. The van der Waals surface area contributed by atoms with Crippen LogP contribution in [-0.2, 0) is 10.2 Å². The summed E-state index contributed by atoms with van der Waals surface area (Å²) in [6.45, 7) is 3.93. The van der Waals surface area contributed by atoms with Crippen LogP contribution in [0.25, 0.3) is 0 Å². The highest BCUT2D eigenvalue weighted by Crippen LogP contribution is 2.35. The number of benzene rings is 1. The molecule has 3 rings (SSSR count). The normalized spacial score (nSPS) is 16.0. The Morgan fingerprint density at radius 1 is 1.15 bits per heavy atom. The van der Waals surface area contributed by atoms with Crippen molar-refractivity contribution in [2.24, 2.45) is 0 Å². The van der Waals surface area contributed by atoms with Gasteiger partial charge in [0.25, 0.3) is 0 Å². The molecule has 0 spiro atoms. The molecule has 1 aliphatic heterocycles. The van der Waals surface area contributed by atoms with Crippen LogP contribution in [0.1, 0.15) is 24.1 Å². The molecule has 144 valence electrons. The van der Waals surface area contributed by atoms with Crippen LogP contribution in [0.3, 0.4) is 0 Å². The van der Waals surface area contributed by atoms with Gasteiger partial charge in [0.15, 0.2) is 10.9 Å². The maximum absolute atomic E-state index is 6.21. The zero-order valence-corrected chi connectivity index (χ0v) is 17.9. The van der Waals surface area contributed by atoms with Gasteiger partial charge in [-0.05, 0) is 55.7 Å². The predicted octanol–water partition coefficient (Wildman–Crippen LogP) is 5.39. The average Bonchev–Trinajstić information content (AvgIpc) is 2.66. The smallest absolute Gasteiger partial charge is 0.172 e. The van der Waals surface area contributed by atoms with Gasteiger partial charge in [-0.3, -0.25) is 0 Å². The van der Waals surface area contributed by atoms with Gasteiger partial charge in [-0.15, -0.1) is 0 Å². The minimum absolute atomic E-state index is 0.0677. The van der Waals surface area contributed by atoms with E-state index in [1.54, 1.807) is 6.07 Å². The van der Waals surface area contributed by atoms with Crippen molar-refractivity contribution in [3.8, 4) is 0 Å². The van der Waals surface area contributed by atoms with E-state index in [-0.39, 0.29) is 5.41 Å². The minimum Gasteiger partial charge on any atom is -0.381 e. The number of aryl methyl sites for hydroxylation is 1. The zero-order chi connectivity index (χ0) is 19.4. The standard InChI is InChI=1S/C19H20Cl3N3OS/c1-12-15(21)10-16(22)17(24-12)25-18(27)23-11-19(6-8-26-9-7-19)13-2-4-14(20)5-3-13/h2-5,10H,6-9,11H2,1H3,(H2,23,24,25,27). The number of nitrogens with zero attached hydrogens (tertiary/aromatic N) is 1. The van der Waals surface area contributed by atoms with E-state index in [4.69, 9.17) is 51.8 Å². The summed E-state index contributed by atoms with van der Waals surface area (Å²) in [5.74, 6) is 0.489. The molecular formula is C19H20Cl3N3OS. The number of nitrogens with one attached hydrogen (secondary N) is 2. The van der Waals surface area contributed by atoms with Crippen LogP contribution < -0.4 is 10.6 Å². The van der Waals surface area contributed by atoms with Crippen molar-refractivity contribution in [3.63, 3.8) is 0 Å². The number of ether oxygens (including phenoxy) is 1. The van der Waals surface area contributed by atoms with Crippen LogP contribution in [0, 0.1) is 6.92 Å². The van der Waals surface area contributed by atoms with E-state index in [0.717, 1.165) is 17.9 Å².